The number of ether oxygens (including phenoxy) is 1. The monoisotopic (exact) mass is 232 g/mol. The Morgan fingerprint density at radius 2 is 2.29 bits per heavy atom. The van der Waals surface area contributed by atoms with Gasteiger partial charge in [0.1, 0.15) is 11.6 Å². The van der Waals surface area contributed by atoms with Gasteiger partial charge in [0, 0.05) is 7.05 Å². The molecule has 1 aromatic carbocycles. The molecule has 0 aromatic heterocycles. The number of likely N-dealkylation sites (N-methyl/N-ethyl adjacent to an activating group) is 1. The van der Waals surface area contributed by atoms with Crippen LogP contribution in [0, 0.1) is 11.3 Å². The summed E-state index contributed by atoms with van der Waals surface area (Å²) in [5.41, 5.74) is 0.514. The Kier molecular flexibility index (Phi) is 4.12. The van der Waals surface area contributed by atoms with Crippen molar-refractivity contribution in [1.29, 1.82) is 5.26 Å². The van der Waals surface area contributed by atoms with Crippen LogP contribution in [-0.2, 0) is 4.79 Å². The molecule has 0 fully saturated rings. The number of amides is 1. The minimum Gasteiger partial charge on any atom is -0.504 e. The van der Waals surface area contributed by atoms with E-state index in [0.717, 1.165) is 0 Å². The lowest BCUT2D eigenvalue weighted by molar-refractivity contribution is -0.116. The van der Waals surface area contributed by atoms with Gasteiger partial charge in [0.15, 0.2) is 11.5 Å². The molecule has 2 N–H and O–H groups in total. The summed E-state index contributed by atoms with van der Waals surface area (Å²) in [5, 5.41) is 20.7. The minimum atomic E-state index is -0.470. The van der Waals surface area contributed by atoms with Gasteiger partial charge in [-0.2, -0.15) is 5.26 Å². The van der Waals surface area contributed by atoms with E-state index in [1.165, 1.54) is 26.3 Å². The molecule has 0 saturated heterocycles. The molecule has 5 heteroatoms. The number of methoxy groups -OCH3 is 1. The maximum atomic E-state index is 11.3. The van der Waals surface area contributed by atoms with Gasteiger partial charge in [-0.25, -0.2) is 0 Å². The molecule has 0 atom stereocenters. The Hall–Kier alpha value is -2.48. The summed E-state index contributed by atoms with van der Waals surface area (Å²) in [5.74, 6) is -0.182. The minimum absolute atomic E-state index is 0.0305. The molecule has 1 amide bonds. The van der Waals surface area contributed by atoms with Crippen LogP contribution in [0.5, 0.6) is 11.5 Å². The van der Waals surface area contributed by atoms with E-state index in [-0.39, 0.29) is 11.3 Å². The van der Waals surface area contributed by atoms with E-state index in [1.807, 2.05) is 0 Å². The van der Waals surface area contributed by atoms with Gasteiger partial charge in [-0.15, -0.1) is 0 Å². The number of phenols is 1. The lowest BCUT2D eigenvalue weighted by atomic mass is 10.1. The van der Waals surface area contributed by atoms with E-state index in [2.05, 4.69) is 5.32 Å². The lowest BCUT2D eigenvalue weighted by Gasteiger charge is -2.03. The number of hydrogen-bond donors (Lipinski definition) is 2. The molecule has 0 aliphatic heterocycles. The number of hydrogen-bond acceptors (Lipinski definition) is 4. The number of phenolic OH excluding ortho intramolecular Hbond substituents is 1. The van der Waals surface area contributed by atoms with Gasteiger partial charge in [0.2, 0.25) is 0 Å². The third-order valence-electron chi connectivity index (χ3n) is 2.11. The van der Waals surface area contributed by atoms with Crippen molar-refractivity contribution in [3.63, 3.8) is 0 Å². The van der Waals surface area contributed by atoms with Crippen LogP contribution >= 0.6 is 0 Å². The summed E-state index contributed by atoms with van der Waals surface area (Å²) >= 11 is 0. The second-order valence-corrected chi connectivity index (χ2v) is 3.18. The number of nitriles is 1. The molecule has 0 aliphatic rings. The number of carbonyl (C=O) groups excluding carboxylic acids is 1. The van der Waals surface area contributed by atoms with Gasteiger partial charge in [0.05, 0.1) is 7.11 Å². The van der Waals surface area contributed by atoms with Gasteiger partial charge in [0.25, 0.3) is 5.91 Å². The second-order valence-electron chi connectivity index (χ2n) is 3.18. The van der Waals surface area contributed by atoms with Crippen LogP contribution in [0.2, 0.25) is 0 Å². The quantitative estimate of drug-likeness (QED) is 0.603. The SMILES string of the molecule is CNC(=O)/C(C#N)=C/c1ccc(OC)c(O)c1. The first-order chi connectivity index (χ1) is 8.12. The molecule has 0 unspecified atom stereocenters. The number of aromatic hydroxyl groups is 1. The van der Waals surface area contributed by atoms with E-state index in [9.17, 15) is 9.90 Å². The summed E-state index contributed by atoms with van der Waals surface area (Å²) in [4.78, 5) is 11.3. The highest BCUT2D eigenvalue weighted by atomic mass is 16.5. The first kappa shape index (κ1) is 12.6. The summed E-state index contributed by atoms with van der Waals surface area (Å²) in [7, 11) is 2.88. The Morgan fingerprint density at radius 1 is 1.59 bits per heavy atom. The van der Waals surface area contributed by atoms with Crippen LogP contribution < -0.4 is 10.1 Å². The number of nitrogens with zero attached hydrogens (tertiary/aromatic N) is 1. The summed E-state index contributed by atoms with van der Waals surface area (Å²) in [6.45, 7) is 0. The highest BCUT2D eigenvalue weighted by Gasteiger charge is 2.07. The Labute approximate surface area is 98.9 Å². The fourth-order valence-electron chi connectivity index (χ4n) is 1.25. The second kappa shape index (κ2) is 5.56. The van der Waals surface area contributed by atoms with Gasteiger partial charge in [-0.05, 0) is 23.8 Å². The van der Waals surface area contributed by atoms with Crippen molar-refractivity contribution >= 4 is 12.0 Å². The average Bonchev–Trinajstić information content (AvgIpc) is 2.35. The first-order valence-electron chi connectivity index (χ1n) is 4.83. The molecule has 0 aliphatic carbocycles. The van der Waals surface area contributed by atoms with Gasteiger partial charge in [-0.1, -0.05) is 6.07 Å². The summed E-state index contributed by atoms with van der Waals surface area (Å²) in [6.07, 6.45) is 1.39. The Bertz CT molecular complexity index is 501. The molecule has 1 aromatic rings. The molecule has 0 radical (unpaired) electrons. The number of carbonyl (C=O) groups is 1. The van der Waals surface area contributed by atoms with Gasteiger partial charge < -0.3 is 15.2 Å². The van der Waals surface area contributed by atoms with E-state index >= 15 is 0 Å². The highest BCUT2D eigenvalue weighted by Crippen LogP contribution is 2.27. The topological polar surface area (TPSA) is 82.4 Å². The van der Waals surface area contributed by atoms with Crippen molar-refractivity contribution in [1.82, 2.24) is 5.32 Å². The third kappa shape index (κ3) is 2.98. The van der Waals surface area contributed by atoms with Crippen LogP contribution in [0.15, 0.2) is 23.8 Å². The van der Waals surface area contributed by atoms with Crippen LogP contribution in [0.25, 0.3) is 6.08 Å². The van der Waals surface area contributed by atoms with E-state index in [1.54, 1.807) is 18.2 Å². The standard InChI is InChI=1S/C12H12N2O3/c1-14-12(16)9(7-13)5-8-3-4-11(17-2)10(15)6-8/h3-6,15H,1-2H3,(H,14,16)/b9-5+. The van der Waals surface area contributed by atoms with Crippen molar-refractivity contribution in [2.45, 2.75) is 0 Å². The summed E-state index contributed by atoms with van der Waals surface area (Å²) in [6, 6.07) is 6.39. The fourth-order valence-corrected chi connectivity index (χ4v) is 1.25. The molecule has 88 valence electrons. The molecular weight excluding hydrogens is 220 g/mol. The predicted molar refractivity (Wildman–Crippen MR) is 62.3 cm³/mol. The van der Waals surface area contributed by atoms with Crippen LogP contribution in [0.3, 0.4) is 0 Å². The largest absolute Gasteiger partial charge is 0.504 e. The molecule has 1 rings (SSSR count). The molecule has 0 spiro atoms. The molecule has 5 nitrogen and oxygen atoms in total. The number of benzene rings is 1. The number of nitrogens with one attached hydrogen (secondary N) is 1. The fraction of sp³-hybridized carbons (Fsp3) is 0.167. The van der Waals surface area contributed by atoms with Crippen molar-refractivity contribution in [2.75, 3.05) is 14.2 Å². The van der Waals surface area contributed by atoms with Crippen molar-refractivity contribution in [2.24, 2.45) is 0 Å². The molecule has 17 heavy (non-hydrogen) atoms. The lowest BCUT2D eigenvalue weighted by Crippen LogP contribution is -2.19. The van der Waals surface area contributed by atoms with Crippen LogP contribution in [0.1, 0.15) is 5.56 Å². The molecule has 0 bridgehead atoms. The molecule has 0 saturated carbocycles. The van der Waals surface area contributed by atoms with Crippen molar-refractivity contribution in [3.05, 3.63) is 29.3 Å². The zero-order valence-electron chi connectivity index (χ0n) is 9.52. The van der Waals surface area contributed by atoms with Crippen LogP contribution in [0.4, 0.5) is 0 Å². The predicted octanol–water partition coefficient (Wildman–Crippen LogP) is 1.05. The Balaban J connectivity index is 3.10. The summed E-state index contributed by atoms with van der Waals surface area (Å²) < 4.78 is 4.88. The van der Waals surface area contributed by atoms with Gasteiger partial charge >= 0.3 is 0 Å². The van der Waals surface area contributed by atoms with E-state index < -0.39 is 5.91 Å². The maximum absolute atomic E-state index is 11.3. The number of rotatable bonds is 3. The zero-order chi connectivity index (χ0) is 12.8. The van der Waals surface area contributed by atoms with Gasteiger partial charge in [-0.3, -0.25) is 4.79 Å². The normalized spacial score (nSPS) is 10.5. The van der Waals surface area contributed by atoms with Crippen molar-refractivity contribution < 1.29 is 14.6 Å². The maximum Gasteiger partial charge on any atom is 0.261 e. The average molecular weight is 232 g/mol. The van der Waals surface area contributed by atoms with Crippen molar-refractivity contribution in [3.8, 4) is 17.6 Å². The van der Waals surface area contributed by atoms with Crippen LogP contribution in [-0.4, -0.2) is 25.2 Å². The first-order valence-corrected chi connectivity index (χ1v) is 4.83. The molecule has 0 heterocycles. The highest BCUT2D eigenvalue weighted by molar-refractivity contribution is 6.01. The Morgan fingerprint density at radius 3 is 2.76 bits per heavy atom. The van der Waals surface area contributed by atoms with E-state index in [0.29, 0.717) is 11.3 Å². The van der Waals surface area contributed by atoms with E-state index in [4.69, 9.17) is 10.00 Å². The zero-order valence-corrected chi connectivity index (χ0v) is 9.52. The molecular formula is C12H12N2O3. The smallest absolute Gasteiger partial charge is 0.261 e. The third-order valence-corrected chi connectivity index (χ3v) is 2.11.